The van der Waals surface area contributed by atoms with Gasteiger partial charge in [-0.1, -0.05) is 0 Å². The lowest BCUT2D eigenvalue weighted by Gasteiger charge is -2.09. The molecule has 2 N–H and O–H groups in total. The summed E-state index contributed by atoms with van der Waals surface area (Å²) in [6.07, 6.45) is 10.1. The predicted octanol–water partition coefficient (Wildman–Crippen LogP) is 2.14. The molecular weight excluding hydrogens is 192 g/mol. The van der Waals surface area contributed by atoms with Gasteiger partial charge >= 0.3 is 0 Å². The number of thioether (sulfide) groups is 1. The van der Waals surface area contributed by atoms with Gasteiger partial charge in [0.15, 0.2) is 0 Å². The Morgan fingerprint density at radius 3 is 2.57 bits per heavy atom. The van der Waals surface area contributed by atoms with Crippen LogP contribution in [0.3, 0.4) is 0 Å². The zero-order valence-electron chi connectivity index (χ0n) is 7.90. The van der Waals surface area contributed by atoms with Gasteiger partial charge in [0.2, 0.25) is 0 Å². The van der Waals surface area contributed by atoms with Crippen LogP contribution in [0.25, 0.3) is 0 Å². The molecule has 0 spiro atoms. The van der Waals surface area contributed by atoms with E-state index in [1.165, 1.54) is 0 Å². The fourth-order valence-electron chi connectivity index (χ4n) is 1.34. The van der Waals surface area contributed by atoms with Crippen molar-refractivity contribution in [1.29, 1.82) is 0 Å². The molecule has 1 aliphatic carbocycles. The molecule has 0 unspecified atom stereocenters. The fourth-order valence-corrected chi connectivity index (χ4v) is 1.80. The molecule has 0 aliphatic heterocycles. The molecule has 2 rings (SSSR count). The van der Waals surface area contributed by atoms with Crippen molar-refractivity contribution in [2.75, 3.05) is 12.0 Å². The van der Waals surface area contributed by atoms with Gasteiger partial charge in [-0.3, -0.25) is 0 Å². The van der Waals surface area contributed by atoms with Crippen molar-refractivity contribution >= 4 is 17.6 Å². The topological polar surface area (TPSA) is 38.9 Å². The van der Waals surface area contributed by atoms with E-state index in [0.29, 0.717) is 5.82 Å². The Bertz CT molecular complexity index is 319. The quantitative estimate of drug-likeness (QED) is 0.748. The minimum atomic E-state index is 0.577. The summed E-state index contributed by atoms with van der Waals surface area (Å²) in [7, 11) is 0. The van der Waals surface area contributed by atoms with Gasteiger partial charge in [-0.25, -0.2) is 4.98 Å². The van der Waals surface area contributed by atoms with E-state index < -0.39 is 0 Å². The second kappa shape index (κ2) is 4.22. The van der Waals surface area contributed by atoms with Crippen LogP contribution in [-0.2, 0) is 0 Å². The maximum atomic E-state index is 5.72. The predicted molar refractivity (Wildman–Crippen MR) is 60.0 cm³/mol. The highest BCUT2D eigenvalue weighted by molar-refractivity contribution is 7.98. The van der Waals surface area contributed by atoms with Crippen molar-refractivity contribution < 1.29 is 0 Å². The maximum Gasteiger partial charge on any atom is 0.124 e. The van der Waals surface area contributed by atoms with Crippen molar-refractivity contribution in [1.82, 2.24) is 4.98 Å². The van der Waals surface area contributed by atoms with Crippen molar-refractivity contribution in [3.8, 4) is 0 Å². The Morgan fingerprint density at radius 1 is 1.21 bits per heavy atom. The van der Waals surface area contributed by atoms with Crippen LogP contribution >= 0.6 is 11.8 Å². The molecule has 14 heavy (non-hydrogen) atoms. The van der Waals surface area contributed by atoms with E-state index in [1.807, 2.05) is 38.0 Å². The third-order valence-electron chi connectivity index (χ3n) is 2.01. The molecular formula is C11H11N2S. The number of hydrogen-bond donors (Lipinski definition) is 1. The molecule has 0 saturated heterocycles. The number of hydrogen-bond acceptors (Lipinski definition) is 3. The minimum Gasteiger partial charge on any atom is -0.384 e. The molecule has 2 nitrogen and oxygen atoms in total. The number of pyridine rings is 1. The molecule has 1 aromatic rings. The van der Waals surface area contributed by atoms with Crippen LogP contribution in [-0.4, -0.2) is 11.2 Å². The van der Waals surface area contributed by atoms with Gasteiger partial charge in [0.05, 0.1) is 5.69 Å². The number of rotatable bonds is 2. The van der Waals surface area contributed by atoms with Crippen LogP contribution in [0.4, 0.5) is 5.82 Å². The summed E-state index contributed by atoms with van der Waals surface area (Å²) in [4.78, 5) is 5.44. The molecule has 0 bridgehead atoms. The Morgan fingerprint density at radius 2 is 1.93 bits per heavy atom. The van der Waals surface area contributed by atoms with Crippen molar-refractivity contribution in [2.45, 2.75) is 4.90 Å². The van der Waals surface area contributed by atoms with Crippen LogP contribution in [0.2, 0.25) is 0 Å². The van der Waals surface area contributed by atoms with Gasteiger partial charge in [0, 0.05) is 10.8 Å². The lowest BCUT2D eigenvalue weighted by Crippen LogP contribution is -2.01. The highest BCUT2D eigenvalue weighted by Gasteiger charge is 2.20. The number of nitrogens with zero attached hydrogens (tertiary/aromatic N) is 1. The zero-order valence-corrected chi connectivity index (χ0v) is 8.71. The van der Waals surface area contributed by atoms with E-state index in [-0.39, 0.29) is 0 Å². The maximum absolute atomic E-state index is 5.72. The lowest BCUT2D eigenvalue weighted by molar-refractivity contribution is 1.12. The summed E-state index contributed by atoms with van der Waals surface area (Å²) in [5, 5.41) is 0. The van der Waals surface area contributed by atoms with Gasteiger partial charge in [0.1, 0.15) is 5.82 Å². The molecule has 1 aromatic heterocycles. The van der Waals surface area contributed by atoms with E-state index in [2.05, 4.69) is 11.1 Å². The summed E-state index contributed by atoms with van der Waals surface area (Å²) in [6.45, 7) is 0. The first-order valence-electron chi connectivity index (χ1n) is 4.33. The van der Waals surface area contributed by atoms with Crippen LogP contribution in [0.1, 0.15) is 5.69 Å². The highest BCUT2D eigenvalue weighted by atomic mass is 32.2. The SMILES string of the molecule is CSc1cc(N)nc([C]2[CH][CH][CH][CH]2)c1. The number of aromatic nitrogens is 1. The number of nitrogen functional groups attached to an aromatic ring is 1. The largest absolute Gasteiger partial charge is 0.384 e. The van der Waals surface area contributed by atoms with Crippen LogP contribution in [0.5, 0.6) is 0 Å². The van der Waals surface area contributed by atoms with E-state index in [1.54, 1.807) is 11.8 Å². The first-order valence-corrected chi connectivity index (χ1v) is 5.56. The average Bonchev–Trinajstić information content (AvgIpc) is 2.69. The second-order valence-corrected chi connectivity index (χ2v) is 3.87. The average molecular weight is 203 g/mol. The Kier molecular flexibility index (Phi) is 2.96. The molecule has 0 atom stereocenters. The third kappa shape index (κ3) is 2.03. The molecule has 5 radical (unpaired) electrons. The summed E-state index contributed by atoms with van der Waals surface area (Å²) < 4.78 is 0. The Hall–Kier alpha value is -0.700. The first kappa shape index (κ1) is 9.84. The summed E-state index contributed by atoms with van der Waals surface area (Å²) in [5.41, 5.74) is 6.66. The van der Waals surface area contributed by atoms with Gasteiger partial charge in [-0.05, 0) is 44.1 Å². The summed E-state index contributed by atoms with van der Waals surface area (Å²) >= 11 is 1.67. The smallest absolute Gasteiger partial charge is 0.124 e. The number of anilines is 1. The molecule has 0 aromatic carbocycles. The zero-order chi connectivity index (χ0) is 9.97. The van der Waals surface area contributed by atoms with Crippen LogP contribution in [0.15, 0.2) is 17.0 Å². The molecule has 3 heteroatoms. The normalized spacial score (nSPS) is 17.5. The van der Waals surface area contributed by atoms with Gasteiger partial charge in [-0.2, -0.15) is 0 Å². The van der Waals surface area contributed by atoms with Crippen molar-refractivity contribution in [2.24, 2.45) is 0 Å². The molecule has 71 valence electrons. The molecule has 0 amide bonds. The molecule has 1 fully saturated rings. The van der Waals surface area contributed by atoms with Crippen LogP contribution in [0, 0.1) is 31.6 Å². The standard InChI is InChI=1S/C11H11N2S/c1-14-9-6-10(13-11(12)7-9)8-4-2-3-5-8/h2-7H,1H3,(H2,12,13). The Balaban J connectivity index is 2.27. The van der Waals surface area contributed by atoms with Gasteiger partial charge in [0.25, 0.3) is 0 Å². The fraction of sp³-hybridized carbons (Fsp3) is 0.0909. The van der Waals surface area contributed by atoms with E-state index in [9.17, 15) is 0 Å². The van der Waals surface area contributed by atoms with E-state index in [4.69, 9.17) is 5.73 Å². The monoisotopic (exact) mass is 203 g/mol. The van der Waals surface area contributed by atoms with Gasteiger partial charge in [-0.15, -0.1) is 11.8 Å². The van der Waals surface area contributed by atoms with Crippen molar-refractivity contribution in [3.05, 3.63) is 49.4 Å². The summed E-state index contributed by atoms with van der Waals surface area (Å²) in [5.74, 6) is 1.70. The highest BCUT2D eigenvalue weighted by Crippen LogP contribution is 2.31. The lowest BCUT2D eigenvalue weighted by atomic mass is 10.0. The van der Waals surface area contributed by atoms with Gasteiger partial charge < -0.3 is 5.73 Å². The van der Waals surface area contributed by atoms with E-state index >= 15 is 0 Å². The van der Waals surface area contributed by atoms with Crippen LogP contribution < -0.4 is 5.73 Å². The molecule has 1 saturated carbocycles. The second-order valence-electron chi connectivity index (χ2n) is 2.99. The number of nitrogens with two attached hydrogens (primary N) is 1. The van der Waals surface area contributed by atoms with E-state index in [0.717, 1.165) is 16.5 Å². The van der Waals surface area contributed by atoms with Crippen molar-refractivity contribution in [3.63, 3.8) is 0 Å². The third-order valence-corrected chi connectivity index (χ3v) is 2.72. The Labute approximate surface area is 89.3 Å². The first-order chi connectivity index (χ1) is 6.79. The minimum absolute atomic E-state index is 0.577. The molecule has 1 heterocycles. The summed E-state index contributed by atoms with van der Waals surface area (Å²) in [6, 6.07) is 3.94. The molecule has 1 aliphatic rings.